The molecule has 0 spiro atoms. The molecule has 7 rings (SSSR count). The van der Waals surface area contributed by atoms with Gasteiger partial charge < -0.3 is 20.3 Å². The lowest BCUT2D eigenvalue weighted by molar-refractivity contribution is -0.138. The number of hydrogen-bond acceptors (Lipinski definition) is 6. The quantitative estimate of drug-likeness (QED) is 0.122. The van der Waals surface area contributed by atoms with Crippen LogP contribution in [0.3, 0.4) is 0 Å². The maximum Gasteiger partial charge on any atom is 0.416 e. The molecule has 4 aromatic rings. The summed E-state index contributed by atoms with van der Waals surface area (Å²) in [6.45, 7) is 7.42. The van der Waals surface area contributed by atoms with Gasteiger partial charge in [-0.05, 0) is 132 Å². The lowest BCUT2D eigenvalue weighted by Crippen LogP contribution is -2.57. The number of carbonyl (C=O) groups is 2. The molecule has 1 saturated carbocycles. The van der Waals surface area contributed by atoms with Crippen LogP contribution in [-0.2, 0) is 23.4 Å². The van der Waals surface area contributed by atoms with Crippen molar-refractivity contribution in [3.8, 4) is 5.75 Å². The van der Waals surface area contributed by atoms with Gasteiger partial charge in [-0.1, -0.05) is 60.7 Å². The second-order valence-electron chi connectivity index (χ2n) is 16.6. The maximum absolute atomic E-state index is 13.6. The molecule has 2 saturated heterocycles. The van der Waals surface area contributed by atoms with Gasteiger partial charge in [0.1, 0.15) is 5.75 Å². The fourth-order valence-corrected chi connectivity index (χ4v) is 9.32. The number of rotatable bonds is 10. The van der Waals surface area contributed by atoms with Crippen molar-refractivity contribution in [3.05, 3.63) is 130 Å². The molecule has 1 unspecified atom stereocenters. The summed E-state index contributed by atoms with van der Waals surface area (Å²) in [5, 5.41) is 6.42. The van der Waals surface area contributed by atoms with Gasteiger partial charge in [0.05, 0.1) is 34.9 Å². The Kier molecular flexibility index (Phi) is 14.2. The number of alkyl halides is 6. The lowest BCUT2D eigenvalue weighted by atomic mass is 9.81. The van der Waals surface area contributed by atoms with E-state index < -0.39 is 40.5 Å². The average molecular weight is 869 g/mol. The molecular weight excluding hydrogens is 815 g/mol. The molecule has 0 radical (unpaired) electrons. The topological polar surface area (TPSA) is 73.9 Å². The highest BCUT2D eigenvalue weighted by Crippen LogP contribution is 2.45. The van der Waals surface area contributed by atoms with Gasteiger partial charge in [-0.2, -0.15) is 26.3 Å². The van der Waals surface area contributed by atoms with E-state index in [4.69, 9.17) is 4.74 Å². The molecule has 3 fully saturated rings. The third-order valence-corrected chi connectivity index (χ3v) is 12.8. The molecule has 2 atom stereocenters. The zero-order chi connectivity index (χ0) is 44.2. The van der Waals surface area contributed by atoms with Crippen molar-refractivity contribution in [2.75, 3.05) is 46.6 Å². The molecule has 328 valence electrons. The maximum atomic E-state index is 13.6. The van der Waals surface area contributed by atoms with Crippen LogP contribution in [0.15, 0.2) is 95.9 Å². The van der Waals surface area contributed by atoms with Gasteiger partial charge in [-0.15, -0.1) is 11.8 Å². The minimum Gasteiger partial charge on any atom is -0.496 e. The number of thioether (sulfide) groups is 1. The van der Waals surface area contributed by atoms with Crippen molar-refractivity contribution in [3.63, 3.8) is 0 Å². The Bertz CT molecular complexity index is 2120. The fraction of sp³-hybridized carbons (Fsp3) is 0.447. The molecule has 61 heavy (non-hydrogen) atoms. The van der Waals surface area contributed by atoms with Crippen LogP contribution in [0.1, 0.15) is 107 Å². The van der Waals surface area contributed by atoms with E-state index in [0.29, 0.717) is 30.3 Å². The molecule has 2 amide bonds. The van der Waals surface area contributed by atoms with Crippen molar-refractivity contribution in [2.24, 2.45) is 0 Å². The first-order valence-corrected chi connectivity index (χ1v) is 21.9. The van der Waals surface area contributed by atoms with E-state index in [-0.39, 0.29) is 28.0 Å². The number of likely N-dealkylation sites (N-methyl/N-ethyl adjacent to an activating group) is 1. The van der Waals surface area contributed by atoms with Crippen molar-refractivity contribution in [1.82, 2.24) is 20.4 Å². The Balaban J connectivity index is 0.000000205. The summed E-state index contributed by atoms with van der Waals surface area (Å²) >= 11 is 1.09. The van der Waals surface area contributed by atoms with E-state index in [9.17, 15) is 35.9 Å². The summed E-state index contributed by atoms with van der Waals surface area (Å²) in [6, 6.07) is 25.4. The highest BCUT2D eigenvalue weighted by atomic mass is 32.2. The molecule has 0 bridgehead atoms. The monoisotopic (exact) mass is 868 g/mol. The van der Waals surface area contributed by atoms with Crippen molar-refractivity contribution >= 4 is 23.6 Å². The molecule has 0 aromatic heterocycles. The Morgan fingerprint density at radius 2 is 1.31 bits per heavy atom. The number of ether oxygens (including phenoxy) is 1. The molecule has 2 N–H and O–H groups in total. The number of nitrogens with zero attached hydrogens (tertiary/aromatic N) is 2. The molecule has 4 aromatic carbocycles. The van der Waals surface area contributed by atoms with Gasteiger partial charge >= 0.3 is 12.4 Å². The number of nitrogens with one attached hydrogen (secondary N) is 2. The van der Waals surface area contributed by atoms with E-state index in [1.807, 2.05) is 67.7 Å². The summed E-state index contributed by atoms with van der Waals surface area (Å²) in [6.07, 6.45) is -2.26. The summed E-state index contributed by atoms with van der Waals surface area (Å²) in [7, 11) is 3.31. The molecule has 7 nitrogen and oxygen atoms in total. The second-order valence-corrected chi connectivity index (χ2v) is 17.5. The van der Waals surface area contributed by atoms with Gasteiger partial charge in [0.15, 0.2) is 0 Å². The van der Waals surface area contributed by atoms with Crippen LogP contribution in [-0.4, -0.2) is 74.2 Å². The molecule has 2 aliphatic heterocycles. The van der Waals surface area contributed by atoms with E-state index in [1.54, 1.807) is 6.26 Å². The van der Waals surface area contributed by atoms with Crippen molar-refractivity contribution < 1.29 is 40.7 Å². The van der Waals surface area contributed by atoms with Gasteiger partial charge in [0, 0.05) is 29.6 Å². The van der Waals surface area contributed by atoms with E-state index in [2.05, 4.69) is 34.3 Å². The summed E-state index contributed by atoms with van der Waals surface area (Å²) in [4.78, 5) is 31.6. The first kappa shape index (κ1) is 46.0. The largest absolute Gasteiger partial charge is 0.496 e. The van der Waals surface area contributed by atoms with Crippen LogP contribution < -0.4 is 15.4 Å². The smallest absolute Gasteiger partial charge is 0.416 e. The highest BCUT2D eigenvalue weighted by Gasteiger charge is 2.42. The number of amides is 2. The van der Waals surface area contributed by atoms with Crippen LogP contribution in [0.5, 0.6) is 5.75 Å². The zero-order valence-corrected chi connectivity index (χ0v) is 36.0. The standard InChI is InChI=1S/C24H29F3N2O2S.C23H25F3N2O/c1-16(2)29-12-8-11-23(15-29,17-9-6-5-7-10-17)28-22(30)21-19(31-3)13-18(24(25,26)27)14-20(21)32-4;1-28-13-5-12-22(15-28,17-6-3-2-4-7-17)27-21(29)19-11-10-18(23(24,25)26)14-20(19)16-8-9-16/h5-7,9-10,13-14,16H,8,11-12,15H2,1-4H3,(H,28,30);2-4,6-7,10-11,14,16H,5,8-9,12-13,15H2,1H3,(H,27,29)/t;22-/m.1/s1. The van der Waals surface area contributed by atoms with Gasteiger partial charge in [-0.3, -0.25) is 14.5 Å². The first-order chi connectivity index (χ1) is 28.9. The van der Waals surface area contributed by atoms with Crippen LogP contribution >= 0.6 is 11.8 Å². The number of benzene rings is 4. The Hall–Kier alpha value is -4.53. The predicted octanol–water partition coefficient (Wildman–Crippen LogP) is 10.5. The van der Waals surface area contributed by atoms with E-state index in [1.165, 1.54) is 13.2 Å². The highest BCUT2D eigenvalue weighted by molar-refractivity contribution is 7.98. The summed E-state index contributed by atoms with van der Waals surface area (Å²) < 4.78 is 84.8. The number of likely N-dealkylation sites (tertiary alicyclic amines) is 2. The van der Waals surface area contributed by atoms with Gasteiger partial charge in [0.2, 0.25) is 0 Å². The lowest BCUT2D eigenvalue weighted by Gasteiger charge is -2.45. The van der Waals surface area contributed by atoms with Crippen molar-refractivity contribution in [1.29, 1.82) is 0 Å². The molecule has 2 heterocycles. The fourth-order valence-electron chi connectivity index (χ4n) is 8.67. The van der Waals surface area contributed by atoms with Crippen LogP contribution in [0, 0.1) is 0 Å². The SMILES string of the molecule is CN1CCC[C@](NC(=O)c2ccc(C(F)(F)F)cc2C2CC2)(c2ccccc2)C1.COc1cc(C(F)(F)F)cc(SC)c1C(=O)NC1(c2ccccc2)CCCN(C(C)C)C1. The Labute approximate surface area is 358 Å². The van der Waals surface area contributed by atoms with Gasteiger partial charge in [-0.25, -0.2) is 0 Å². The minimum absolute atomic E-state index is 0.0414. The Morgan fingerprint density at radius 3 is 1.82 bits per heavy atom. The van der Waals surface area contributed by atoms with Crippen LogP contribution in [0.2, 0.25) is 0 Å². The number of methoxy groups -OCH3 is 1. The normalized spacial score (nSPS) is 21.3. The van der Waals surface area contributed by atoms with E-state index in [0.717, 1.165) is 98.8 Å². The van der Waals surface area contributed by atoms with E-state index >= 15 is 0 Å². The third-order valence-electron chi connectivity index (χ3n) is 12.0. The molecule has 1 aliphatic carbocycles. The Morgan fingerprint density at radius 1 is 0.754 bits per heavy atom. The molecular formula is C47H54F6N4O3S. The zero-order valence-electron chi connectivity index (χ0n) is 35.2. The third kappa shape index (κ3) is 10.7. The average Bonchev–Trinajstić information content (AvgIpc) is 4.09. The summed E-state index contributed by atoms with van der Waals surface area (Å²) in [5.74, 6) is -0.768. The molecule has 3 aliphatic rings. The summed E-state index contributed by atoms with van der Waals surface area (Å²) in [5.41, 5.74) is 0.301. The number of hydrogen-bond donors (Lipinski definition) is 2. The molecule has 14 heteroatoms. The number of halogens is 6. The number of carbonyl (C=O) groups excluding carboxylic acids is 2. The number of piperidine rings is 2. The van der Waals surface area contributed by atoms with Gasteiger partial charge in [0.25, 0.3) is 11.8 Å². The van der Waals surface area contributed by atoms with Crippen LogP contribution in [0.4, 0.5) is 26.3 Å². The predicted molar refractivity (Wildman–Crippen MR) is 227 cm³/mol. The second kappa shape index (κ2) is 18.8. The first-order valence-electron chi connectivity index (χ1n) is 20.6. The van der Waals surface area contributed by atoms with Crippen molar-refractivity contribution in [2.45, 2.75) is 92.7 Å². The minimum atomic E-state index is -4.53. The van der Waals surface area contributed by atoms with Crippen LogP contribution in [0.25, 0.3) is 0 Å².